The van der Waals surface area contributed by atoms with E-state index in [0.29, 0.717) is 12.8 Å². The van der Waals surface area contributed by atoms with Gasteiger partial charge in [0.25, 0.3) is 0 Å². The molecule has 0 aliphatic heterocycles. The van der Waals surface area contributed by atoms with Gasteiger partial charge in [-0.3, -0.25) is 0 Å². The van der Waals surface area contributed by atoms with Crippen LogP contribution in [-0.2, 0) is 17.5 Å². The Bertz CT molecular complexity index is 1180. The molecule has 6 nitrogen and oxygen atoms in total. The lowest BCUT2D eigenvalue weighted by Crippen LogP contribution is -2.52. The Hall–Kier alpha value is -2.94. The van der Waals surface area contributed by atoms with Gasteiger partial charge in [-0.1, -0.05) is 17.7 Å². The number of benzene rings is 1. The van der Waals surface area contributed by atoms with Crippen molar-refractivity contribution in [3.63, 3.8) is 0 Å². The largest absolute Gasteiger partial charge is 0.490 e. The molecule has 3 aromatic rings. The number of carbonyl (C=O) groups is 1. The molecule has 10 heteroatoms. The second-order valence-electron chi connectivity index (χ2n) is 9.30. The minimum absolute atomic E-state index is 0.0181. The lowest BCUT2D eigenvalue weighted by atomic mass is 9.87. The number of pyridine rings is 1. The Labute approximate surface area is 200 Å². The smallest absolute Gasteiger partial charge is 0.420 e. The van der Waals surface area contributed by atoms with Gasteiger partial charge in [-0.15, -0.1) is 0 Å². The zero-order chi connectivity index (χ0) is 24.7. The van der Waals surface area contributed by atoms with Crippen LogP contribution in [0.2, 0.25) is 5.02 Å². The van der Waals surface area contributed by atoms with Gasteiger partial charge in [0.05, 0.1) is 12.1 Å². The van der Waals surface area contributed by atoms with Crippen LogP contribution in [0.15, 0.2) is 48.9 Å². The highest BCUT2D eigenvalue weighted by Crippen LogP contribution is 2.40. The van der Waals surface area contributed by atoms with E-state index >= 15 is 0 Å². The minimum Gasteiger partial charge on any atom is -0.490 e. The fraction of sp³-hybridized carbons (Fsp3) is 0.417. The molecule has 2 aromatic heterocycles. The van der Waals surface area contributed by atoms with E-state index < -0.39 is 29.5 Å². The summed E-state index contributed by atoms with van der Waals surface area (Å²) in [6.45, 7) is 5.60. The first-order chi connectivity index (χ1) is 15.9. The van der Waals surface area contributed by atoms with Gasteiger partial charge in [-0.25, -0.2) is 9.78 Å². The van der Waals surface area contributed by atoms with Crippen molar-refractivity contribution in [1.82, 2.24) is 14.3 Å². The van der Waals surface area contributed by atoms with Crippen LogP contribution < -0.4 is 4.74 Å². The first kappa shape index (κ1) is 24.2. The van der Waals surface area contributed by atoms with Gasteiger partial charge < -0.3 is 18.8 Å². The Morgan fingerprint density at radius 3 is 2.62 bits per heavy atom. The summed E-state index contributed by atoms with van der Waals surface area (Å²) in [6.07, 6.45) is 0.540. The van der Waals surface area contributed by atoms with Crippen LogP contribution in [0.4, 0.5) is 18.0 Å². The fourth-order valence-electron chi connectivity index (χ4n) is 3.87. The number of aromatic nitrogens is 2. The molecule has 1 aliphatic carbocycles. The molecule has 34 heavy (non-hydrogen) atoms. The van der Waals surface area contributed by atoms with Crippen LogP contribution in [0.25, 0.3) is 5.65 Å². The number of rotatable bonds is 5. The number of ether oxygens (including phenoxy) is 2. The second kappa shape index (κ2) is 9.02. The molecule has 0 radical (unpaired) electrons. The average Bonchev–Trinajstić information content (AvgIpc) is 3.17. The molecular weight excluding hydrogens is 471 g/mol. The molecule has 1 fully saturated rings. The average molecular weight is 496 g/mol. The summed E-state index contributed by atoms with van der Waals surface area (Å²) in [6, 6.07) is 6.94. The summed E-state index contributed by atoms with van der Waals surface area (Å²) < 4.78 is 53.3. The Balaban J connectivity index is 1.51. The van der Waals surface area contributed by atoms with Gasteiger partial charge in [0.2, 0.25) is 0 Å². The van der Waals surface area contributed by atoms with E-state index in [9.17, 15) is 18.0 Å². The SMILES string of the molecule is CC(C)(C)OC(=O)N(Cc1cccn2ccnc12)C1CC(Oc2ccc(Cl)cc2C(F)(F)F)C1. The van der Waals surface area contributed by atoms with Crippen molar-refractivity contribution in [3.05, 3.63) is 65.1 Å². The van der Waals surface area contributed by atoms with E-state index in [4.69, 9.17) is 21.1 Å². The van der Waals surface area contributed by atoms with E-state index in [1.54, 1.807) is 31.9 Å². The predicted molar refractivity (Wildman–Crippen MR) is 121 cm³/mol. The summed E-state index contributed by atoms with van der Waals surface area (Å²) in [5.41, 5.74) is -0.0588. The maximum atomic E-state index is 13.4. The van der Waals surface area contributed by atoms with Crippen molar-refractivity contribution in [1.29, 1.82) is 0 Å². The summed E-state index contributed by atoms with van der Waals surface area (Å²) >= 11 is 5.75. The van der Waals surface area contributed by atoms with Crippen molar-refractivity contribution in [2.24, 2.45) is 0 Å². The van der Waals surface area contributed by atoms with Gasteiger partial charge in [0.15, 0.2) is 0 Å². The molecule has 2 heterocycles. The standard InChI is InChI=1S/C24H25ClF3N3O3/c1-23(2,3)34-22(32)31(14-15-5-4-9-30-10-8-29-21(15)30)17-12-18(13-17)33-20-7-6-16(25)11-19(20)24(26,27)28/h4-11,17-18H,12-14H2,1-3H3. The summed E-state index contributed by atoms with van der Waals surface area (Å²) in [5, 5.41) is -0.0181. The number of hydrogen-bond donors (Lipinski definition) is 0. The van der Waals surface area contributed by atoms with Crippen molar-refractivity contribution in [3.8, 4) is 5.75 Å². The van der Waals surface area contributed by atoms with E-state index in [1.165, 1.54) is 12.1 Å². The van der Waals surface area contributed by atoms with Crippen molar-refractivity contribution >= 4 is 23.3 Å². The fourth-order valence-corrected chi connectivity index (χ4v) is 4.05. The lowest BCUT2D eigenvalue weighted by molar-refractivity contribution is -0.139. The molecule has 4 rings (SSSR count). The summed E-state index contributed by atoms with van der Waals surface area (Å²) in [5.74, 6) is -0.272. The number of alkyl halides is 3. The van der Waals surface area contributed by atoms with Crippen LogP contribution in [0, 0.1) is 0 Å². The number of halogens is 4. The Kier molecular flexibility index (Phi) is 6.42. The van der Waals surface area contributed by atoms with E-state index in [2.05, 4.69) is 4.98 Å². The Morgan fingerprint density at radius 2 is 1.94 bits per heavy atom. The van der Waals surface area contributed by atoms with Gasteiger partial charge in [0, 0.05) is 48.1 Å². The first-order valence-corrected chi connectivity index (χ1v) is 11.2. The number of nitrogens with zero attached hydrogens (tertiary/aromatic N) is 3. The molecule has 1 aliphatic rings. The summed E-state index contributed by atoms with van der Waals surface area (Å²) in [7, 11) is 0. The summed E-state index contributed by atoms with van der Waals surface area (Å²) in [4.78, 5) is 19.0. The monoisotopic (exact) mass is 495 g/mol. The third-order valence-electron chi connectivity index (χ3n) is 5.52. The third-order valence-corrected chi connectivity index (χ3v) is 5.76. The number of fused-ring (bicyclic) bond motifs is 1. The number of hydrogen-bond acceptors (Lipinski definition) is 4. The number of carbonyl (C=O) groups excluding carboxylic acids is 1. The molecule has 0 spiro atoms. The van der Waals surface area contributed by atoms with Crippen LogP contribution in [0.5, 0.6) is 5.75 Å². The molecule has 0 N–H and O–H groups in total. The minimum atomic E-state index is -4.59. The molecule has 1 aromatic carbocycles. The van der Waals surface area contributed by atoms with Crippen LogP contribution >= 0.6 is 11.6 Å². The molecule has 0 bridgehead atoms. The topological polar surface area (TPSA) is 56.1 Å². The quantitative estimate of drug-likeness (QED) is 0.413. The van der Waals surface area contributed by atoms with Gasteiger partial charge in [0.1, 0.15) is 23.1 Å². The van der Waals surface area contributed by atoms with Crippen molar-refractivity contribution < 1.29 is 27.4 Å². The van der Waals surface area contributed by atoms with Crippen LogP contribution in [0.3, 0.4) is 0 Å². The molecular formula is C24H25ClF3N3O3. The maximum absolute atomic E-state index is 13.4. The molecule has 0 unspecified atom stereocenters. The molecule has 0 saturated heterocycles. The van der Waals surface area contributed by atoms with Crippen LogP contribution in [-0.4, -0.2) is 38.1 Å². The molecule has 0 atom stereocenters. The second-order valence-corrected chi connectivity index (χ2v) is 9.74. The van der Waals surface area contributed by atoms with E-state index in [1.807, 2.05) is 28.9 Å². The lowest BCUT2D eigenvalue weighted by Gasteiger charge is -2.43. The highest BCUT2D eigenvalue weighted by molar-refractivity contribution is 6.30. The normalized spacial score (nSPS) is 18.4. The van der Waals surface area contributed by atoms with E-state index in [-0.39, 0.29) is 23.4 Å². The van der Waals surface area contributed by atoms with Crippen molar-refractivity contribution in [2.75, 3.05) is 0 Å². The Morgan fingerprint density at radius 1 is 1.21 bits per heavy atom. The van der Waals surface area contributed by atoms with Crippen molar-refractivity contribution in [2.45, 2.75) is 64.1 Å². The number of amides is 1. The molecule has 182 valence electrons. The zero-order valence-electron chi connectivity index (χ0n) is 19.0. The zero-order valence-corrected chi connectivity index (χ0v) is 19.7. The first-order valence-electron chi connectivity index (χ1n) is 10.8. The van der Waals surface area contributed by atoms with Gasteiger partial charge in [-0.2, -0.15) is 13.2 Å². The molecule has 1 saturated carbocycles. The van der Waals surface area contributed by atoms with Crippen LogP contribution in [0.1, 0.15) is 44.7 Å². The number of imidazole rings is 1. The third kappa shape index (κ3) is 5.41. The van der Waals surface area contributed by atoms with Gasteiger partial charge in [-0.05, 0) is 45.0 Å². The highest BCUT2D eigenvalue weighted by Gasteiger charge is 2.41. The highest BCUT2D eigenvalue weighted by atomic mass is 35.5. The van der Waals surface area contributed by atoms with Gasteiger partial charge >= 0.3 is 12.3 Å². The predicted octanol–water partition coefficient (Wildman–Crippen LogP) is 6.35. The maximum Gasteiger partial charge on any atom is 0.420 e. The van der Waals surface area contributed by atoms with E-state index in [0.717, 1.165) is 17.3 Å². The molecule has 1 amide bonds.